The molecule has 1 fully saturated rings. The highest BCUT2D eigenvalue weighted by Crippen LogP contribution is 2.34. The quantitative estimate of drug-likeness (QED) is 0.0374. The fourth-order valence-corrected chi connectivity index (χ4v) is 7.90. The predicted octanol–water partition coefficient (Wildman–Crippen LogP) is 5.25. The molecule has 2 N–H and O–H groups in total. The molecule has 3 aromatic heterocycles. The molecule has 0 spiro atoms. The number of β-lactam (4-membered cyclic amide) rings is 1. The second-order valence-electron chi connectivity index (χ2n) is 17.7. The maximum atomic E-state index is 14.2. The molecule has 0 radical (unpaired) electrons. The highest BCUT2D eigenvalue weighted by molar-refractivity contribution is 7.84. The number of carbonyl (C=O) groups is 4. The zero-order valence-electron chi connectivity index (χ0n) is 37.9. The maximum absolute atomic E-state index is 14.2. The van der Waals surface area contributed by atoms with Gasteiger partial charge in [0.25, 0.3) is 0 Å². The first-order chi connectivity index (χ1) is 31.4. The smallest absolute Gasteiger partial charge is 0.413 e. The van der Waals surface area contributed by atoms with Gasteiger partial charge < -0.3 is 23.9 Å². The second-order valence-corrected chi connectivity index (χ2v) is 19.8. The van der Waals surface area contributed by atoms with E-state index in [-0.39, 0.29) is 45.5 Å². The largest absolute Gasteiger partial charge is 0.483 e. The van der Waals surface area contributed by atoms with Crippen molar-refractivity contribution in [1.82, 2.24) is 29.0 Å². The number of benzene rings is 2. The van der Waals surface area contributed by atoms with Crippen LogP contribution in [0.5, 0.6) is 5.75 Å². The van der Waals surface area contributed by atoms with Crippen LogP contribution in [0.4, 0.5) is 9.93 Å². The van der Waals surface area contributed by atoms with Gasteiger partial charge in [-0.25, -0.2) is 23.6 Å². The number of oxime groups is 1. The lowest BCUT2D eigenvalue weighted by atomic mass is 9.84. The van der Waals surface area contributed by atoms with Crippen molar-refractivity contribution in [2.75, 3.05) is 5.32 Å². The number of ether oxygens (including phenoxy) is 3. The van der Waals surface area contributed by atoms with Gasteiger partial charge in [-0.1, -0.05) is 71.0 Å². The molecule has 5 aromatic rings. The number of nitrogens with one attached hydrogen (secondary N) is 1. The number of amides is 2. The summed E-state index contributed by atoms with van der Waals surface area (Å²) in [6, 6.07) is 18.3. The first-order valence-electron chi connectivity index (χ1n) is 20.7. The Bertz CT molecular complexity index is 2810. The minimum atomic E-state index is -5.16. The second kappa shape index (κ2) is 19.9. The average molecular weight is 963 g/mol. The van der Waals surface area contributed by atoms with Crippen LogP contribution in [0.15, 0.2) is 94.5 Å². The molecule has 4 heterocycles. The molecule has 2 atom stereocenters. The van der Waals surface area contributed by atoms with E-state index in [0.717, 1.165) is 22.5 Å². The van der Waals surface area contributed by atoms with E-state index in [4.69, 9.17) is 23.9 Å². The number of carbonyl (C=O) groups excluding carboxylic acids is 4. The molecule has 21 nitrogen and oxygen atoms in total. The van der Waals surface area contributed by atoms with E-state index < -0.39 is 86.9 Å². The Hall–Kier alpha value is -6.98. The van der Waals surface area contributed by atoms with Gasteiger partial charge in [-0.15, -0.1) is 16.4 Å². The molecular formula is C44H50N8O13S2. The Morgan fingerprint density at radius 2 is 1.51 bits per heavy atom. The van der Waals surface area contributed by atoms with Gasteiger partial charge in [0.2, 0.25) is 16.9 Å². The molecule has 1 aliphatic rings. The Kier molecular flexibility index (Phi) is 14.7. The third kappa shape index (κ3) is 13.1. The number of esters is 1. The minimum Gasteiger partial charge on any atom is -0.483 e. The van der Waals surface area contributed by atoms with Gasteiger partial charge >= 0.3 is 22.4 Å². The maximum Gasteiger partial charge on any atom is 0.413 e. The number of aromatic nitrogens is 5. The van der Waals surface area contributed by atoms with E-state index in [2.05, 4.69) is 25.8 Å². The Labute approximate surface area is 389 Å². The minimum absolute atomic E-state index is 0.00137. The lowest BCUT2D eigenvalue weighted by molar-refractivity contribution is -0.179. The number of pyridine rings is 1. The molecule has 0 unspecified atom stereocenters. The average Bonchev–Trinajstić information content (AvgIpc) is 3.90. The number of rotatable bonds is 18. The van der Waals surface area contributed by atoms with Gasteiger partial charge in [0.15, 0.2) is 22.4 Å². The molecule has 0 aliphatic carbocycles. The van der Waals surface area contributed by atoms with Crippen LogP contribution in [0, 0.1) is 5.92 Å². The molecule has 1 aliphatic heterocycles. The van der Waals surface area contributed by atoms with E-state index in [0.29, 0.717) is 0 Å². The molecule has 1 saturated heterocycles. The number of nitrogens with zero attached hydrogens (tertiary/aromatic N) is 7. The molecule has 2 aromatic carbocycles. The van der Waals surface area contributed by atoms with Gasteiger partial charge in [-0.05, 0) is 66.5 Å². The fraction of sp³-hybridized carbons (Fsp3) is 0.386. The van der Waals surface area contributed by atoms with E-state index in [9.17, 15) is 36.9 Å². The van der Waals surface area contributed by atoms with Crippen molar-refractivity contribution >= 4 is 56.2 Å². The SMILES string of the molecule is CC(C)(C)OC(=O)Nc1nc(/C(=N/OC(C)(C)C(=O)OC(C)(C)C)C(=O)C[C@@H]2C(=O)N(S(=O)(=O)O)[C@@H]2Cn2cc(-c3cc(=O)c(OCc4ccccc4)cn3OCc3ccccc3)nn2)cs1. The third-order valence-electron chi connectivity index (χ3n) is 9.44. The Morgan fingerprint density at radius 1 is 0.881 bits per heavy atom. The van der Waals surface area contributed by atoms with Crippen LogP contribution in [0.2, 0.25) is 0 Å². The summed E-state index contributed by atoms with van der Waals surface area (Å²) in [5, 5.41) is 16.1. The standard InChI is InChI=1S/C44H50N8O13S2/c1-42(2,3)63-39(56)44(7,8)65-48-37(31-26-66-40(45-31)46-41(57)64-43(4,5)6)35(54)19-29-33(52(38(29)55)67(58,59)60)22-50-21-30(47-49-50)32-20-34(53)36(61-24-27-15-11-9-12-16-27)23-51(32)62-25-28-17-13-10-14-18-28/h9-18,20-21,23,26,29,33H,19,22,24-25H2,1-8H3,(H,45,46,57)(H,58,59,60)/b48-37-/t29-,33+/m0/s1. The first kappa shape index (κ1) is 49.5. The third-order valence-corrected chi connectivity index (χ3v) is 11.1. The Morgan fingerprint density at radius 3 is 2.12 bits per heavy atom. The van der Waals surface area contributed by atoms with Crippen molar-refractivity contribution < 1.29 is 56.0 Å². The van der Waals surface area contributed by atoms with E-state index in [1.54, 1.807) is 41.5 Å². The highest BCUT2D eigenvalue weighted by Gasteiger charge is 2.54. The number of ketones is 1. The monoisotopic (exact) mass is 962 g/mol. The fourth-order valence-electron chi connectivity index (χ4n) is 6.30. The van der Waals surface area contributed by atoms with Crippen LogP contribution in [-0.4, -0.2) is 94.3 Å². The summed E-state index contributed by atoms with van der Waals surface area (Å²) >= 11 is 0.902. The van der Waals surface area contributed by atoms with Crippen LogP contribution >= 0.6 is 11.3 Å². The number of Topliss-reactive ketones (excluding diaryl/α,β-unsaturated/α-hetero) is 1. The van der Waals surface area contributed by atoms with E-state index in [1.807, 2.05) is 60.7 Å². The van der Waals surface area contributed by atoms with Crippen molar-refractivity contribution in [2.45, 2.75) is 104 Å². The van der Waals surface area contributed by atoms with Crippen LogP contribution in [0.3, 0.4) is 0 Å². The molecule has 356 valence electrons. The summed E-state index contributed by atoms with van der Waals surface area (Å²) in [6.07, 6.45) is 1.19. The summed E-state index contributed by atoms with van der Waals surface area (Å²) in [5.74, 6) is -4.24. The highest BCUT2D eigenvalue weighted by atomic mass is 32.2. The van der Waals surface area contributed by atoms with Crippen LogP contribution in [0.1, 0.15) is 78.6 Å². The van der Waals surface area contributed by atoms with Crippen LogP contribution in [0.25, 0.3) is 11.4 Å². The van der Waals surface area contributed by atoms with Crippen molar-refractivity contribution in [1.29, 1.82) is 0 Å². The van der Waals surface area contributed by atoms with Crippen LogP contribution < -0.4 is 20.3 Å². The van der Waals surface area contributed by atoms with Gasteiger partial charge in [0.1, 0.15) is 41.5 Å². The van der Waals surface area contributed by atoms with Crippen molar-refractivity contribution in [3.8, 4) is 17.1 Å². The molecule has 0 saturated carbocycles. The normalized spacial score (nSPS) is 15.6. The van der Waals surface area contributed by atoms with Gasteiger partial charge in [-0.3, -0.25) is 24.3 Å². The lowest BCUT2D eigenvalue weighted by Crippen LogP contribution is -2.64. The number of thiazole rings is 1. The molecular weight excluding hydrogens is 913 g/mol. The molecule has 0 bridgehead atoms. The van der Waals surface area contributed by atoms with Gasteiger partial charge in [-0.2, -0.15) is 13.1 Å². The first-order valence-corrected chi connectivity index (χ1v) is 22.9. The Balaban J connectivity index is 1.28. The summed E-state index contributed by atoms with van der Waals surface area (Å²) in [4.78, 5) is 82.6. The van der Waals surface area contributed by atoms with E-state index in [1.165, 1.54) is 47.1 Å². The molecule has 2 amide bonds. The molecule has 23 heteroatoms. The van der Waals surface area contributed by atoms with Gasteiger partial charge in [0.05, 0.1) is 30.9 Å². The lowest BCUT2D eigenvalue weighted by Gasteiger charge is -2.43. The van der Waals surface area contributed by atoms with Crippen LogP contribution in [-0.2, 0) is 58.8 Å². The van der Waals surface area contributed by atoms with Crippen molar-refractivity contribution in [3.05, 3.63) is 112 Å². The van der Waals surface area contributed by atoms with Crippen molar-refractivity contribution in [2.24, 2.45) is 11.1 Å². The zero-order chi connectivity index (χ0) is 48.9. The number of hydrogen-bond acceptors (Lipinski definition) is 17. The van der Waals surface area contributed by atoms with Crippen molar-refractivity contribution in [3.63, 3.8) is 0 Å². The molecule has 67 heavy (non-hydrogen) atoms. The summed E-state index contributed by atoms with van der Waals surface area (Å²) < 4.78 is 54.5. The summed E-state index contributed by atoms with van der Waals surface area (Å²) in [7, 11) is -5.16. The molecule has 6 rings (SSSR count). The summed E-state index contributed by atoms with van der Waals surface area (Å²) in [6.45, 7) is 12.4. The number of hydrogen-bond donors (Lipinski definition) is 2. The topological polar surface area (TPSA) is 262 Å². The van der Waals surface area contributed by atoms with E-state index >= 15 is 0 Å². The zero-order valence-corrected chi connectivity index (χ0v) is 39.5. The summed E-state index contributed by atoms with van der Waals surface area (Å²) in [5.41, 5.74) is -2.76. The number of anilines is 1. The predicted molar refractivity (Wildman–Crippen MR) is 242 cm³/mol. The van der Waals surface area contributed by atoms with Gasteiger partial charge in [0, 0.05) is 17.9 Å².